The molecule has 1 aliphatic rings. The monoisotopic (exact) mass is 274 g/mol. The van der Waals surface area contributed by atoms with E-state index in [2.05, 4.69) is 4.74 Å². The Bertz CT molecular complexity index is 547. The normalized spacial score (nSPS) is 18.2. The first-order chi connectivity index (χ1) is 9.67. The Morgan fingerprint density at radius 2 is 2.10 bits per heavy atom. The smallest absolute Gasteiger partial charge is 0.331 e. The second kappa shape index (κ2) is 6.17. The van der Waals surface area contributed by atoms with Crippen molar-refractivity contribution >= 4 is 11.9 Å². The van der Waals surface area contributed by atoms with Crippen LogP contribution in [0.4, 0.5) is 0 Å². The van der Waals surface area contributed by atoms with Crippen LogP contribution in [-0.4, -0.2) is 49.7 Å². The van der Waals surface area contributed by atoms with E-state index >= 15 is 0 Å². The van der Waals surface area contributed by atoms with Crippen molar-refractivity contribution in [2.24, 2.45) is 0 Å². The number of carbonyl (C=O) groups is 2. The van der Waals surface area contributed by atoms with Gasteiger partial charge in [-0.25, -0.2) is 4.79 Å². The largest absolute Gasteiger partial charge is 0.467 e. The molecule has 0 aromatic heterocycles. The molecule has 2 rings (SSSR count). The highest BCUT2D eigenvalue weighted by atomic mass is 16.5. The molecular weight excluding hydrogens is 260 g/mol. The molecule has 0 aliphatic carbocycles. The van der Waals surface area contributed by atoms with Crippen molar-refractivity contribution in [1.82, 2.24) is 4.90 Å². The summed E-state index contributed by atoms with van der Waals surface area (Å²) in [5.41, 5.74) is 0.910. The summed E-state index contributed by atoms with van der Waals surface area (Å²) in [5, 5.41) is 8.74. The maximum absolute atomic E-state index is 12.4. The number of methoxy groups -OCH3 is 1. The molecule has 20 heavy (non-hydrogen) atoms. The van der Waals surface area contributed by atoms with Gasteiger partial charge in [-0.1, -0.05) is 0 Å². The zero-order chi connectivity index (χ0) is 14.5. The number of benzene rings is 1. The van der Waals surface area contributed by atoms with Gasteiger partial charge >= 0.3 is 5.97 Å². The van der Waals surface area contributed by atoms with Crippen molar-refractivity contribution in [3.63, 3.8) is 0 Å². The lowest BCUT2D eigenvalue weighted by molar-refractivity contribution is -0.151. The molecule has 1 aromatic carbocycles. The van der Waals surface area contributed by atoms with E-state index in [1.165, 1.54) is 12.0 Å². The van der Waals surface area contributed by atoms with Gasteiger partial charge in [0.15, 0.2) is 6.04 Å². The number of hydrogen-bond acceptors (Lipinski definition) is 5. The SMILES string of the molecule is COC(=O)C1COCCN1C(=O)c1ccc(C#N)cc1. The lowest BCUT2D eigenvalue weighted by atomic mass is 10.1. The van der Waals surface area contributed by atoms with Gasteiger partial charge in [-0.05, 0) is 24.3 Å². The molecule has 0 radical (unpaired) electrons. The van der Waals surface area contributed by atoms with E-state index in [1.54, 1.807) is 24.3 Å². The van der Waals surface area contributed by atoms with E-state index in [4.69, 9.17) is 10.00 Å². The van der Waals surface area contributed by atoms with E-state index in [9.17, 15) is 9.59 Å². The zero-order valence-corrected chi connectivity index (χ0v) is 11.0. The van der Waals surface area contributed by atoms with Gasteiger partial charge in [-0.3, -0.25) is 4.79 Å². The topological polar surface area (TPSA) is 79.6 Å². The number of nitriles is 1. The summed E-state index contributed by atoms with van der Waals surface area (Å²) < 4.78 is 9.91. The minimum absolute atomic E-state index is 0.134. The van der Waals surface area contributed by atoms with Gasteiger partial charge in [-0.15, -0.1) is 0 Å². The van der Waals surface area contributed by atoms with Crippen LogP contribution < -0.4 is 0 Å². The van der Waals surface area contributed by atoms with Crippen LogP contribution in [0.3, 0.4) is 0 Å². The first kappa shape index (κ1) is 14.0. The molecule has 1 heterocycles. The molecule has 1 aromatic rings. The van der Waals surface area contributed by atoms with Crippen molar-refractivity contribution in [2.75, 3.05) is 26.9 Å². The quantitative estimate of drug-likeness (QED) is 0.737. The molecule has 0 bridgehead atoms. The number of morpholine rings is 1. The van der Waals surface area contributed by atoms with Crippen molar-refractivity contribution in [1.29, 1.82) is 5.26 Å². The van der Waals surface area contributed by atoms with Crippen LogP contribution in [-0.2, 0) is 14.3 Å². The molecule has 1 amide bonds. The molecular formula is C14H14N2O4. The molecule has 0 saturated carbocycles. The van der Waals surface area contributed by atoms with Gasteiger partial charge in [-0.2, -0.15) is 5.26 Å². The predicted octanol–water partition coefficient (Wildman–Crippen LogP) is 0.572. The van der Waals surface area contributed by atoms with E-state index in [1.807, 2.05) is 6.07 Å². The van der Waals surface area contributed by atoms with Gasteiger partial charge in [0.2, 0.25) is 0 Å². The highest BCUT2D eigenvalue weighted by Gasteiger charge is 2.34. The Kier molecular flexibility index (Phi) is 4.33. The number of nitrogens with zero attached hydrogens (tertiary/aromatic N) is 2. The van der Waals surface area contributed by atoms with Gasteiger partial charge in [0, 0.05) is 12.1 Å². The van der Waals surface area contributed by atoms with Crippen LogP contribution in [0, 0.1) is 11.3 Å². The summed E-state index contributed by atoms with van der Waals surface area (Å²) in [6.45, 7) is 0.850. The van der Waals surface area contributed by atoms with Crippen molar-refractivity contribution < 1.29 is 19.1 Å². The van der Waals surface area contributed by atoms with E-state index < -0.39 is 12.0 Å². The van der Waals surface area contributed by atoms with Crippen molar-refractivity contribution in [3.05, 3.63) is 35.4 Å². The zero-order valence-electron chi connectivity index (χ0n) is 11.0. The fraction of sp³-hybridized carbons (Fsp3) is 0.357. The lowest BCUT2D eigenvalue weighted by Crippen LogP contribution is -2.53. The Labute approximate surface area is 116 Å². The van der Waals surface area contributed by atoms with Crippen LogP contribution in [0.15, 0.2) is 24.3 Å². The first-order valence-electron chi connectivity index (χ1n) is 6.14. The highest BCUT2D eigenvalue weighted by molar-refractivity contribution is 5.97. The van der Waals surface area contributed by atoms with Crippen LogP contribution >= 0.6 is 0 Å². The number of ether oxygens (including phenoxy) is 2. The van der Waals surface area contributed by atoms with Gasteiger partial charge < -0.3 is 14.4 Å². The minimum atomic E-state index is -0.725. The molecule has 1 atom stereocenters. The molecule has 0 spiro atoms. The third kappa shape index (κ3) is 2.78. The summed E-state index contributed by atoms with van der Waals surface area (Å²) in [7, 11) is 1.28. The standard InChI is InChI=1S/C14H14N2O4/c1-19-14(18)12-9-20-7-6-16(12)13(17)11-4-2-10(8-15)3-5-11/h2-5,12H,6-7,9H2,1H3. The Morgan fingerprint density at radius 1 is 1.40 bits per heavy atom. The highest BCUT2D eigenvalue weighted by Crippen LogP contribution is 2.14. The molecule has 104 valence electrons. The summed E-state index contributed by atoms with van der Waals surface area (Å²) in [6.07, 6.45) is 0. The number of hydrogen-bond donors (Lipinski definition) is 0. The summed E-state index contributed by atoms with van der Waals surface area (Å²) in [6, 6.07) is 7.55. The summed E-state index contributed by atoms with van der Waals surface area (Å²) in [5.74, 6) is -0.764. The summed E-state index contributed by atoms with van der Waals surface area (Å²) in [4.78, 5) is 25.5. The second-order valence-corrected chi connectivity index (χ2v) is 4.30. The number of amides is 1. The van der Waals surface area contributed by atoms with Crippen LogP contribution in [0.25, 0.3) is 0 Å². The number of esters is 1. The Hall–Kier alpha value is -2.39. The summed E-state index contributed by atoms with van der Waals surface area (Å²) >= 11 is 0. The van der Waals surface area contributed by atoms with Crippen LogP contribution in [0.1, 0.15) is 15.9 Å². The van der Waals surface area contributed by atoms with Crippen LogP contribution in [0.2, 0.25) is 0 Å². The second-order valence-electron chi connectivity index (χ2n) is 4.30. The third-order valence-electron chi connectivity index (χ3n) is 3.12. The van der Waals surface area contributed by atoms with E-state index in [0.717, 1.165) is 0 Å². The average molecular weight is 274 g/mol. The molecule has 0 N–H and O–H groups in total. The molecule has 1 aliphatic heterocycles. The maximum Gasteiger partial charge on any atom is 0.331 e. The Morgan fingerprint density at radius 3 is 2.70 bits per heavy atom. The van der Waals surface area contributed by atoms with Gasteiger partial charge in [0.1, 0.15) is 0 Å². The maximum atomic E-state index is 12.4. The fourth-order valence-electron chi connectivity index (χ4n) is 2.03. The van der Waals surface area contributed by atoms with Crippen molar-refractivity contribution in [3.8, 4) is 6.07 Å². The molecule has 6 heteroatoms. The first-order valence-corrected chi connectivity index (χ1v) is 6.14. The van der Waals surface area contributed by atoms with Gasteiger partial charge in [0.05, 0.1) is 32.0 Å². The molecule has 1 saturated heterocycles. The third-order valence-corrected chi connectivity index (χ3v) is 3.12. The molecule has 6 nitrogen and oxygen atoms in total. The number of carbonyl (C=O) groups excluding carboxylic acids is 2. The van der Waals surface area contributed by atoms with E-state index in [0.29, 0.717) is 24.3 Å². The number of rotatable bonds is 2. The average Bonchev–Trinajstić information content (AvgIpc) is 2.53. The Balaban J connectivity index is 2.20. The minimum Gasteiger partial charge on any atom is -0.467 e. The molecule has 1 unspecified atom stereocenters. The van der Waals surface area contributed by atoms with Crippen molar-refractivity contribution in [2.45, 2.75) is 6.04 Å². The van der Waals surface area contributed by atoms with Gasteiger partial charge in [0.25, 0.3) is 5.91 Å². The van der Waals surface area contributed by atoms with E-state index in [-0.39, 0.29) is 12.5 Å². The predicted molar refractivity (Wildman–Crippen MR) is 68.8 cm³/mol. The molecule has 1 fully saturated rings. The lowest BCUT2D eigenvalue weighted by Gasteiger charge is -2.33. The fourth-order valence-corrected chi connectivity index (χ4v) is 2.03. The van der Waals surface area contributed by atoms with Crippen LogP contribution in [0.5, 0.6) is 0 Å².